The Morgan fingerprint density at radius 1 is 1.14 bits per heavy atom. The molecule has 9 heteroatoms. The van der Waals surface area contributed by atoms with E-state index in [-0.39, 0.29) is 30.7 Å². The Morgan fingerprint density at radius 3 is 2.55 bits per heavy atom. The summed E-state index contributed by atoms with van der Waals surface area (Å²) >= 11 is 0. The number of hydrogen-bond acceptors (Lipinski definition) is 5. The number of nitrogens with one attached hydrogen (secondary N) is 2. The summed E-state index contributed by atoms with van der Waals surface area (Å²) in [5.74, 6) is -0.384. The van der Waals surface area contributed by atoms with Crippen LogP contribution >= 0.6 is 0 Å². The first-order valence-electron chi connectivity index (χ1n) is 11.0. The molecule has 168 valence electrons. The zero-order chi connectivity index (χ0) is 21.3. The highest BCUT2D eigenvalue weighted by molar-refractivity contribution is 7.88. The van der Waals surface area contributed by atoms with Crippen LogP contribution in [-0.4, -0.2) is 81.5 Å². The average molecular weight is 431 g/mol. The Morgan fingerprint density at radius 2 is 1.86 bits per heavy atom. The predicted octanol–water partition coefficient (Wildman–Crippen LogP) is 0.935. The minimum absolute atomic E-state index is 0.00134. The number of sulfonamides is 1. The fourth-order valence-corrected chi connectivity index (χ4v) is 5.15. The van der Waals surface area contributed by atoms with Crippen molar-refractivity contribution in [3.05, 3.63) is 0 Å². The molecule has 2 fully saturated rings. The van der Waals surface area contributed by atoms with E-state index >= 15 is 0 Å². The molecule has 0 aromatic carbocycles. The first-order chi connectivity index (χ1) is 13.8. The molecular weight excluding hydrogens is 392 g/mol. The van der Waals surface area contributed by atoms with E-state index in [0.717, 1.165) is 12.8 Å². The van der Waals surface area contributed by atoms with Crippen LogP contribution in [0.25, 0.3) is 0 Å². The van der Waals surface area contributed by atoms with Crippen molar-refractivity contribution in [2.45, 2.75) is 63.8 Å². The first kappa shape index (κ1) is 24.1. The molecule has 2 aliphatic rings. The SMILES string of the molecule is CN(CCNC(=O)C1CCCN(S(C)(=O)=O)CCC(=O)NCC1)C1CCCCC1. The summed E-state index contributed by atoms with van der Waals surface area (Å²) in [5.41, 5.74) is 0. The molecule has 1 aliphatic carbocycles. The maximum atomic E-state index is 12.7. The Balaban J connectivity index is 1.82. The monoisotopic (exact) mass is 430 g/mol. The minimum Gasteiger partial charge on any atom is -0.356 e. The highest BCUT2D eigenvalue weighted by Gasteiger charge is 2.23. The van der Waals surface area contributed by atoms with Crippen molar-refractivity contribution < 1.29 is 18.0 Å². The van der Waals surface area contributed by atoms with E-state index < -0.39 is 10.0 Å². The summed E-state index contributed by atoms with van der Waals surface area (Å²) in [6.07, 6.45) is 9.51. The summed E-state index contributed by atoms with van der Waals surface area (Å²) in [4.78, 5) is 27.0. The second-order valence-corrected chi connectivity index (χ2v) is 10.4. The van der Waals surface area contributed by atoms with Gasteiger partial charge in [-0.15, -0.1) is 0 Å². The number of rotatable bonds is 6. The second-order valence-electron chi connectivity index (χ2n) is 8.45. The Labute approximate surface area is 175 Å². The van der Waals surface area contributed by atoms with E-state index in [0.29, 0.717) is 44.9 Å². The molecule has 1 unspecified atom stereocenters. The Kier molecular flexibility index (Phi) is 9.85. The molecule has 1 atom stereocenters. The lowest BCUT2D eigenvalue weighted by Crippen LogP contribution is -2.41. The topological polar surface area (TPSA) is 98.8 Å². The van der Waals surface area contributed by atoms with Gasteiger partial charge in [0.1, 0.15) is 0 Å². The molecule has 2 rings (SSSR count). The highest BCUT2D eigenvalue weighted by atomic mass is 32.2. The molecule has 1 saturated carbocycles. The average Bonchev–Trinajstić information content (AvgIpc) is 2.72. The van der Waals surface area contributed by atoms with Crippen LogP contribution in [0.4, 0.5) is 0 Å². The maximum Gasteiger partial charge on any atom is 0.223 e. The van der Waals surface area contributed by atoms with Crippen molar-refractivity contribution >= 4 is 21.8 Å². The highest BCUT2D eigenvalue weighted by Crippen LogP contribution is 2.21. The number of nitrogens with zero attached hydrogens (tertiary/aromatic N) is 2. The van der Waals surface area contributed by atoms with Gasteiger partial charge in [-0.2, -0.15) is 0 Å². The minimum atomic E-state index is -3.35. The summed E-state index contributed by atoms with van der Waals surface area (Å²) < 4.78 is 25.1. The molecule has 0 aromatic rings. The standard InChI is InChI=1S/C20H38N4O4S/c1-23(18-8-4-3-5-9-18)16-13-22-20(26)17-7-6-14-24(29(2,27)28)15-11-19(25)21-12-10-17/h17-18H,3-16H2,1-2H3,(H,21,25)(H,22,26). The molecule has 1 aliphatic heterocycles. The van der Waals surface area contributed by atoms with E-state index in [1.54, 1.807) is 0 Å². The third-order valence-electron chi connectivity index (χ3n) is 6.16. The number of likely N-dealkylation sites (N-methyl/N-ethyl adjacent to an activating group) is 1. The Bertz CT molecular complexity index is 634. The van der Waals surface area contributed by atoms with Gasteiger partial charge in [0.25, 0.3) is 0 Å². The molecule has 2 amide bonds. The van der Waals surface area contributed by atoms with E-state index in [1.807, 2.05) is 0 Å². The van der Waals surface area contributed by atoms with E-state index in [1.165, 1.54) is 36.4 Å². The lowest BCUT2D eigenvalue weighted by atomic mass is 9.94. The van der Waals surface area contributed by atoms with Crippen molar-refractivity contribution in [2.24, 2.45) is 5.92 Å². The van der Waals surface area contributed by atoms with Gasteiger partial charge in [-0.3, -0.25) is 9.59 Å². The van der Waals surface area contributed by atoms with Gasteiger partial charge in [0.15, 0.2) is 0 Å². The van der Waals surface area contributed by atoms with Crippen LogP contribution in [0.3, 0.4) is 0 Å². The lowest BCUT2D eigenvalue weighted by molar-refractivity contribution is -0.126. The van der Waals surface area contributed by atoms with Gasteiger partial charge in [-0.05, 0) is 39.2 Å². The molecule has 0 aromatic heterocycles. The molecule has 2 N–H and O–H groups in total. The maximum absolute atomic E-state index is 12.7. The van der Waals surface area contributed by atoms with Gasteiger partial charge < -0.3 is 15.5 Å². The lowest BCUT2D eigenvalue weighted by Gasteiger charge is -2.31. The van der Waals surface area contributed by atoms with Crippen LogP contribution in [0.15, 0.2) is 0 Å². The summed E-state index contributed by atoms with van der Waals surface area (Å²) in [6, 6.07) is 0.621. The summed E-state index contributed by atoms with van der Waals surface area (Å²) in [6.45, 7) is 2.43. The fourth-order valence-electron chi connectivity index (χ4n) is 4.27. The van der Waals surface area contributed by atoms with Gasteiger partial charge in [0, 0.05) is 51.1 Å². The van der Waals surface area contributed by atoms with Crippen molar-refractivity contribution in [2.75, 3.05) is 46.0 Å². The molecular formula is C20H38N4O4S. The van der Waals surface area contributed by atoms with E-state index in [4.69, 9.17) is 0 Å². The van der Waals surface area contributed by atoms with Gasteiger partial charge in [-0.1, -0.05) is 19.3 Å². The van der Waals surface area contributed by atoms with Crippen LogP contribution in [-0.2, 0) is 19.6 Å². The third kappa shape index (κ3) is 8.60. The van der Waals surface area contributed by atoms with Crippen molar-refractivity contribution in [3.63, 3.8) is 0 Å². The van der Waals surface area contributed by atoms with Crippen LogP contribution in [0.2, 0.25) is 0 Å². The molecule has 29 heavy (non-hydrogen) atoms. The van der Waals surface area contributed by atoms with Gasteiger partial charge >= 0.3 is 0 Å². The quantitative estimate of drug-likeness (QED) is 0.653. The normalized spacial score (nSPS) is 24.0. The van der Waals surface area contributed by atoms with E-state index in [2.05, 4.69) is 22.6 Å². The fraction of sp³-hybridized carbons (Fsp3) is 0.900. The molecule has 1 saturated heterocycles. The summed E-state index contributed by atoms with van der Waals surface area (Å²) in [5, 5.41) is 5.86. The largest absolute Gasteiger partial charge is 0.356 e. The van der Waals surface area contributed by atoms with Crippen LogP contribution in [0.5, 0.6) is 0 Å². The first-order valence-corrected chi connectivity index (χ1v) is 12.8. The molecule has 0 spiro atoms. The van der Waals surface area contributed by atoms with Gasteiger partial charge in [0.2, 0.25) is 21.8 Å². The third-order valence-corrected chi connectivity index (χ3v) is 7.47. The second kappa shape index (κ2) is 11.9. The number of carbonyl (C=O) groups excluding carboxylic acids is 2. The van der Waals surface area contributed by atoms with Gasteiger partial charge in [0.05, 0.1) is 6.26 Å². The van der Waals surface area contributed by atoms with Crippen LogP contribution in [0, 0.1) is 5.92 Å². The summed E-state index contributed by atoms with van der Waals surface area (Å²) in [7, 11) is -1.22. The molecule has 8 nitrogen and oxygen atoms in total. The van der Waals surface area contributed by atoms with Gasteiger partial charge in [-0.25, -0.2) is 12.7 Å². The zero-order valence-corrected chi connectivity index (χ0v) is 18.8. The molecule has 0 radical (unpaired) electrons. The van der Waals surface area contributed by atoms with E-state index in [9.17, 15) is 18.0 Å². The number of hydrogen-bond donors (Lipinski definition) is 2. The van der Waals surface area contributed by atoms with Crippen molar-refractivity contribution in [1.82, 2.24) is 19.8 Å². The predicted molar refractivity (Wildman–Crippen MR) is 114 cm³/mol. The Hall–Kier alpha value is -1.19. The molecule has 0 bridgehead atoms. The van der Waals surface area contributed by atoms with Crippen LogP contribution in [0.1, 0.15) is 57.8 Å². The smallest absolute Gasteiger partial charge is 0.223 e. The van der Waals surface area contributed by atoms with Crippen molar-refractivity contribution in [1.29, 1.82) is 0 Å². The van der Waals surface area contributed by atoms with Crippen LogP contribution < -0.4 is 10.6 Å². The number of amides is 2. The zero-order valence-electron chi connectivity index (χ0n) is 18.0. The number of carbonyl (C=O) groups is 2. The molecule has 1 heterocycles. The van der Waals surface area contributed by atoms with Crippen molar-refractivity contribution in [3.8, 4) is 0 Å².